The van der Waals surface area contributed by atoms with Crippen LogP contribution in [0.1, 0.15) is 38.5 Å². The van der Waals surface area contributed by atoms with Gasteiger partial charge in [0.2, 0.25) is 0 Å². The van der Waals surface area contributed by atoms with Crippen molar-refractivity contribution < 1.29 is 14.6 Å². The molecule has 110 valence electrons. The molecule has 0 radical (unpaired) electrons. The zero-order chi connectivity index (χ0) is 13.5. The van der Waals surface area contributed by atoms with Gasteiger partial charge in [0, 0.05) is 32.8 Å². The molecule has 5 nitrogen and oxygen atoms in total. The maximum absolute atomic E-state index is 12.1. The van der Waals surface area contributed by atoms with Crippen LogP contribution in [0.15, 0.2) is 0 Å². The number of urea groups is 1. The molecule has 2 amide bonds. The summed E-state index contributed by atoms with van der Waals surface area (Å²) in [5.41, 5.74) is 0. The standard InChI is InChI=1S/C14H26N2O3/c17-9-6-12-3-1-7-16(8-5-12)14(18)15-11-13-4-2-10-19-13/h12-13,17H,1-11H2,(H,15,18)/t12?,13-/m1/s1. The molecule has 0 aromatic carbocycles. The first kappa shape index (κ1) is 14.6. The van der Waals surface area contributed by atoms with Gasteiger partial charge in [0.05, 0.1) is 6.10 Å². The summed E-state index contributed by atoms with van der Waals surface area (Å²) in [5.74, 6) is 0.570. The van der Waals surface area contributed by atoms with E-state index in [9.17, 15) is 4.79 Å². The molecule has 5 heteroatoms. The van der Waals surface area contributed by atoms with E-state index < -0.39 is 0 Å². The maximum atomic E-state index is 12.1. The van der Waals surface area contributed by atoms with Crippen molar-refractivity contribution in [3.63, 3.8) is 0 Å². The highest BCUT2D eigenvalue weighted by Crippen LogP contribution is 2.20. The topological polar surface area (TPSA) is 61.8 Å². The van der Waals surface area contributed by atoms with E-state index in [2.05, 4.69) is 5.32 Å². The third-order valence-electron chi connectivity index (χ3n) is 4.18. The lowest BCUT2D eigenvalue weighted by molar-refractivity contribution is 0.109. The summed E-state index contributed by atoms with van der Waals surface area (Å²) in [7, 11) is 0. The van der Waals surface area contributed by atoms with Gasteiger partial charge >= 0.3 is 6.03 Å². The van der Waals surface area contributed by atoms with Crippen LogP contribution in [-0.4, -0.2) is 55.0 Å². The van der Waals surface area contributed by atoms with Crippen LogP contribution in [0.3, 0.4) is 0 Å². The molecule has 19 heavy (non-hydrogen) atoms. The molecule has 2 heterocycles. The number of hydrogen-bond acceptors (Lipinski definition) is 3. The van der Waals surface area contributed by atoms with Crippen molar-refractivity contribution in [1.29, 1.82) is 0 Å². The van der Waals surface area contributed by atoms with Crippen LogP contribution in [-0.2, 0) is 4.74 Å². The highest BCUT2D eigenvalue weighted by Gasteiger charge is 2.22. The predicted octanol–water partition coefficient (Wildman–Crippen LogP) is 1.36. The second kappa shape index (κ2) is 7.70. The summed E-state index contributed by atoms with van der Waals surface area (Å²) in [4.78, 5) is 14.0. The predicted molar refractivity (Wildman–Crippen MR) is 73.0 cm³/mol. The number of amides is 2. The Morgan fingerprint density at radius 2 is 2.16 bits per heavy atom. The largest absolute Gasteiger partial charge is 0.396 e. The third-order valence-corrected chi connectivity index (χ3v) is 4.18. The molecule has 0 aromatic heterocycles. The minimum absolute atomic E-state index is 0.0418. The van der Waals surface area contributed by atoms with Crippen molar-refractivity contribution in [1.82, 2.24) is 10.2 Å². The molecule has 2 rings (SSSR count). The Morgan fingerprint density at radius 1 is 1.26 bits per heavy atom. The fourth-order valence-corrected chi connectivity index (χ4v) is 2.96. The zero-order valence-corrected chi connectivity index (χ0v) is 11.6. The number of nitrogens with one attached hydrogen (secondary N) is 1. The number of rotatable bonds is 4. The second-order valence-corrected chi connectivity index (χ2v) is 5.62. The third kappa shape index (κ3) is 4.66. The number of aliphatic hydroxyl groups excluding tert-OH is 1. The summed E-state index contributed by atoms with van der Waals surface area (Å²) in [6, 6.07) is 0.0418. The Morgan fingerprint density at radius 3 is 2.89 bits per heavy atom. The Bertz CT molecular complexity index is 280. The minimum Gasteiger partial charge on any atom is -0.396 e. The van der Waals surface area contributed by atoms with E-state index in [1.807, 2.05) is 4.90 Å². The molecular formula is C14H26N2O3. The monoisotopic (exact) mass is 270 g/mol. The summed E-state index contributed by atoms with van der Waals surface area (Å²) >= 11 is 0. The average Bonchev–Trinajstić information content (AvgIpc) is 2.82. The van der Waals surface area contributed by atoms with Crippen LogP contribution in [0, 0.1) is 5.92 Å². The van der Waals surface area contributed by atoms with E-state index in [-0.39, 0.29) is 18.7 Å². The molecule has 0 aliphatic carbocycles. The van der Waals surface area contributed by atoms with E-state index >= 15 is 0 Å². The summed E-state index contributed by atoms with van der Waals surface area (Å²) in [6.07, 6.45) is 6.40. The average molecular weight is 270 g/mol. The number of carbonyl (C=O) groups excluding carboxylic acids is 1. The SMILES string of the molecule is O=C(NC[C@H]1CCCO1)N1CCCC(CCO)CC1. The van der Waals surface area contributed by atoms with Crippen molar-refractivity contribution in [3.8, 4) is 0 Å². The van der Waals surface area contributed by atoms with Gasteiger partial charge in [-0.15, -0.1) is 0 Å². The Kier molecular flexibility index (Phi) is 5.92. The molecule has 2 N–H and O–H groups in total. The fourth-order valence-electron chi connectivity index (χ4n) is 2.96. The molecule has 0 aromatic rings. The van der Waals surface area contributed by atoms with E-state index in [4.69, 9.17) is 9.84 Å². The lowest BCUT2D eigenvalue weighted by Gasteiger charge is -2.22. The van der Waals surface area contributed by atoms with Crippen molar-refractivity contribution in [2.45, 2.75) is 44.6 Å². The first-order valence-electron chi connectivity index (χ1n) is 7.55. The first-order chi connectivity index (χ1) is 9.29. The van der Waals surface area contributed by atoms with Crippen LogP contribution >= 0.6 is 0 Å². The normalized spacial score (nSPS) is 28.2. The van der Waals surface area contributed by atoms with Gasteiger partial charge in [-0.3, -0.25) is 0 Å². The lowest BCUT2D eigenvalue weighted by Crippen LogP contribution is -2.43. The molecule has 0 spiro atoms. The Labute approximate surface area is 115 Å². The molecule has 2 aliphatic rings. The van der Waals surface area contributed by atoms with Crippen molar-refractivity contribution in [3.05, 3.63) is 0 Å². The van der Waals surface area contributed by atoms with E-state index in [0.29, 0.717) is 12.5 Å². The Hall–Kier alpha value is -0.810. The van der Waals surface area contributed by atoms with Gasteiger partial charge in [0.15, 0.2) is 0 Å². The smallest absolute Gasteiger partial charge is 0.317 e. The van der Waals surface area contributed by atoms with Gasteiger partial charge in [-0.25, -0.2) is 4.79 Å². The van der Waals surface area contributed by atoms with Gasteiger partial charge < -0.3 is 20.1 Å². The van der Waals surface area contributed by atoms with Crippen LogP contribution in [0.4, 0.5) is 4.79 Å². The zero-order valence-electron chi connectivity index (χ0n) is 11.6. The van der Waals surface area contributed by atoms with Gasteiger partial charge in [-0.2, -0.15) is 0 Å². The van der Waals surface area contributed by atoms with Crippen molar-refractivity contribution in [2.24, 2.45) is 5.92 Å². The van der Waals surface area contributed by atoms with Crippen LogP contribution in [0.5, 0.6) is 0 Å². The van der Waals surface area contributed by atoms with Crippen molar-refractivity contribution in [2.75, 3.05) is 32.8 Å². The molecular weight excluding hydrogens is 244 g/mol. The molecule has 0 saturated carbocycles. The summed E-state index contributed by atoms with van der Waals surface area (Å²) < 4.78 is 5.50. The summed E-state index contributed by atoms with van der Waals surface area (Å²) in [6.45, 7) is 3.36. The number of likely N-dealkylation sites (tertiary alicyclic amines) is 1. The first-order valence-corrected chi connectivity index (χ1v) is 7.55. The molecule has 0 bridgehead atoms. The molecule has 2 atom stereocenters. The number of aliphatic hydroxyl groups is 1. The lowest BCUT2D eigenvalue weighted by atomic mass is 9.98. The number of nitrogens with zero attached hydrogens (tertiary/aromatic N) is 1. The van der Waals surface area contributed by atoms with Crippen LogP contribution < -0.4 is 5.32 Å². The molecule has 2 fully saturated rings. The highest BCUT2D eigenvalue weighted by molar-refractivity contribution is 5.74. The van der Waals surface area contributed by atoms with Crippen molar-refractivity contribution >= 4 is 6.03 Å². The molecule has 2 aliphatic heterocycles. The molecule has 1 unspecified atom stereocenters. The minimum atomic E-state index is 0.0418. The quantitative estimate of drug-likeness (QED) is 0.811. The number of carbonyl (C=O) groups is 1. The number of hydrogen-bond donors (Lipinski definition) is 2. The van der Waals surface area contributed by atoms with Gasteiger partial charge in [-0.05, 0) is 44.4 Å². The van der Waals surface area contributed by atoms with E-state index in [1.54, 1.807) is 0 Å². The van der Waals surface area contributed by atoms with E-state index in [0.717, 1.165) is 58.2 Å². The Balaban J connectivity index is 1.69. The second-order valence-electron chi connectivity index (χ2n) is 5.62. The highest BCUT2D eigenvalue weighted by atomic mass is 16.5. The maximum Gasteiger partial charge on any atom is 0.317 e. The van der Waals surface area contributed by atoms with Gasteiger partial charge in [-0.1, -0.05) is 0 Å². The summed E-state index contributed by atoms with van der Waals surface area (Å²) in [5, 5.41) is 12.0. The van der Waals surface area contributed by atoms with Crippen LogP contribution in [0.25, 0.3) is 0 Å². The van der Waals surface area contributed by atoms with Crippen LogP contribution in [0.2, 0.25) is 0 Å². The van der Waals surface area contributed by atoms with Gasteiger partial charge in [0.1, 0.15) is 0 Å². The van der Waals surface area contributed by atoms with Gasteiger partial charge in [0.25, 0.3) is 0 Å². The fraction of sp³-hybridized carbons (Fsp3) is 0.929. The molecule has 2 saturated heterocycles. The van der Waals surface area contributed by atoms with E-state index in [1.165, 1.54) is 0 Å². The number of ether oxygens (including phenoxy) is 1.